The number of rotatable bonds is 2. The molecule has 0 N–H and O–H groups in total. The van der Waals surface area contributed by atoms with Gasteiger partial charge in [-0.3, -0.25) is 9.59 Å². The molecule has 26 heavy (non-hydrogen) atoms. The van der Waals surface area contributed by atoms with Crippen molar-refractivity contribution >= 4 is 17.8 Å². The van der Waals surface area contributed by atoms with Crippen LogP contribution in [0.25, 0.3) is 0 Å². The summed E-state index contributed by atoms with van der Waals surface area (Å²) in [5.41, 5.74) is -0.447. The molecule has 1 aromatic rings. The first kappa shape index (κ1) is 18.3. The lowest BCUT2D eigenvalue weighted by Gasteiger charge is -2.34. The molecule has 0 aliphatic carbocycles. The van der Waals surface area contributed by atoms with Crippen LogP contribution in [0.1, 0.15) is 23.9 Å². The normalized spacial score (nSPS) is 23.5. The zero-order chi connectivity index (χ0) is 18.9. The lowest BCUT2D eigenvalue weighted by atomic mass is 9.86. The molecule has 1 aromatic heterocycles. The van der Waals surface area contributed by atoms with Gasteiger partial charge in [0.2, 0.25) is 5.91 Å². The maximum Gasteiger partial charge on any atom is 0.319 e. The highest BCUT2D eigenvalue weighted by atomic mass is 16.3. The van der Waals surface area contributed by atoms with E-state index in [4.69, 9.17) is 4.42 Å². The van der Waals surface area contributed by atoms with Crippen molar-refractivity contribution in [3.8, 4) is 0 Å². The van der Waals surface area contributed by atoms with Gasteiger partial charge in [0.25, 0.3) is 5.91 Å². The first-order valence-corrected chi connectivity index (χ1v) is 8.92. The summed E-state index contributed by atoms with van der Waals surface area (Å²) in [6.45, 7) is 4.89. The Labute approximate surface area is 153 Å². The van der Waals surface area contributed by atoms with Crippen molar-refractivity contribution in [3.05, 3.63) is 24.2 Å². The van der Waals surface area contributed by atoms with E-state index in [0.717, 1.165) is 0 Å². The van der Waals surface area contributed by atoms with Crippen LogP contribution in [0.15, 0.2) is 22.8 Å². The summed E-state index contributed by atoms with van der Waals surface area (Å²) in [5.74, 6) is 0.164. The second-order valence-electron chi connectivity index (χ2n) is 7.39. The molecule has 142 valence electrons. The fourth-order valence-electron chi connectivity index (χ4n) is 3.92. The Kier molecular flexibility index (Phi) is 4.93. The molecular formula is C18H26N4O4. The van der Waals surface area contributed by atoms with E-state index in [1.54, 1.807) is 40.9 Å². The average molecular weight is 362 g/mol. The Hall–Kier alpha value is -2.51. The Morgan fingerprint density at radius 1 is 1.19 bits per heavy atom. The summed E-state index contributed by atoms with van der Waals surface area (Å²) in [6, 6.07) is 3.22. The molecule has 2 fully saturated rings. The average Bonchev–Trinajstić information content (AvgIpc) is 3.19. The molecule has 2 aliphatic heterocycles. The molecule has 0 bridgehead atoms. The van der Waals surface area contributed by atoms with E-state index >= 15 is 0 Å². The van der Waals surface area contributed by atoms with Gasteiger partial charge in [0.15, 0.2) is 5.76 Å². The number of amides is 4. The predicted octanol–water partition coefficient (Wildman–Crippen LogP) is 0.958. The summed E-state index contributed by atoms with van der Waals surface area (Å²) in [6.07, 6.45) is 1.82. The molecule has 1 atom stereocenters. The van der Waals surface area contributed by atoms with Crippen LogP contribution in [0, 0.1) is 5.41 Å². The lowest BCUT2D eigenvalue weighted by molar-refractivity contribution is -0.127. The van der Waals surface area contributed by atoms with Gasteiger partial charge >= 0.3 is 6.03 Å². The molecular weight excluding hydrogens is 336 g/mol. The van der Waals surface area contributed by atoms with Crippen molar-refractivity contribution in [1.82, 2.24) is 19.6 Å². The number of hydrogen-bond donors (Lipinski definition) is 0. The lowest BCUT2D eigenvalue weighted by Crippen LogP contribution is -2.47. The van der Waals surface area contributed by atoms with Gasteiger partial charge in [-0.15, -0.1) is 0 Å². The van der Waals surface area contributed by atoms with Crippen LogP contribution < -0.4 is 0 Å². The Bertz CT molecular complexity index is 687. The SMILES string of the molecule is CCN1C[C@@]2(CC1=O)CN(C(=O)c1ccco1)CCN(C(=O)N(C)C)C2. The minimum absolute atomic E-state index is 0.0806. The van der Waals surface area contributed by atoms with Crippen molar-refractivity contribution in [2.24, 2.45) is 5.41 Å². The Morgan fingerprint density at radius 3 is 2.46 bits per heavy atom. The number of likely N-dealkylation sites (tertiary alicyclic amines) is 1. The maximum absolute atomic E-state index is 12.8. The second kappa shape index (κ2) is 7.01. The zero-order valence-electron chi connectivity index (χ0n) is 15.6. The topological polar surface area (TPSA) is 77.3 Å². The summed E-state index contributed by atoms with van der Waals surface area (Å²) in [4.78, 5) is 44.6. The number of furan rings is 1. The van der Waals surface area contributed by atoms with Crippen LogP contribution in [0.2, 0.25) is 0 Å². The molecule has 0 saturated carbocycles. The van der Waals surface area contributed by atoms with Crippen LogP contribution in [-0.4, -0.2) is 90.8 Å². The summed E-state index contributed by atoms with van der Waals surface area (Å²) in [5, 5.41) is 0. The first-order chi connectivity index (χ1) is 12.3. The molecule has 3 heterocycles. The van der Waals surface area contributed by atoms with Gasteiger partial charge in [0.1, 0.15) is 0 Å². The maximum atomic E-state index is 12.8. The summed E-state index contributed by atoms with van der Waals surface area (Å²) < 4.78 is 5.26. The quantitative estimate of drug-likeness (QED) is 0.785. The van der Waals surface area contributed by atoms with Crippen molar-refractivity contribution in [1.29, 1.82) is 0 Å². The van der Waals surface area contributed by atoms with Gasteiger partial charge in [-0.25, -0.2) is 4.79 Å². The van der Waals surface area contributed by atoms with Crippen LogP contribution in [0.5, 0.6) is 0 Å². The van der Waals surface area contributed by atoms with E-state index in [1.807, 2.05) is 6.92 Å². The fourth-order valence-corrected chi connectivity index (χ4v) is 3.92. The summed E-state index contributed by atoms with van der Waals surface area (Å²) in [7, 11) is 3.42. The van der Waals surface area contributed by atoms with Crippen molar-refractivity contribution < 1.29 is 18.8 Å². The zero-order valence-corrected chi connectivity index (χ0v) is 15.6. The third-order valence-electron chi connectivity index (χ3n) is 5.15. The number of nitrogens with zero attached hydrogens (tertiary/aromatic N) is 4. The Morgan fingerprint density at radius 2 is 1.88 bits per heavy atom. The fraction of sp³-hybridized carbons (Fsp3) is 0.611. The third-order valence-corrected chi connectivity index (χ3v) is 5.15. The molecule has 0 unspecified atom stereocenters. The Balaban J connectivity index is 1.88. The molecule has 0 radical (unpaired) electrons. The number of hydrogen-bond acceptors (Lipinski definition) is 4. The molecule has 1 spiro atoms. The highest BCUT2D eigenvalue weighted by molar-refractivity contribution is 5.91. The van der Waals surface area contributed by atoms with E-state index in [0.29, 0.717) is 45.7 Å². The van der Waals surface area contributed by atoms with Crippen molar-refractivity contribution in [3.63, 3.8) is 0 Å². The molecule has 8 heteroatoms. The number of carbonyl (C=O) groups is 3. The van der Waals surface area contributed by atoms with E-state index in [-0.39, 0.29) is 23.6 Å². The van der Waals surface area contributed by atoms with Gasteiger partial charge in [-0.05, 0) is 19.1 Å². The van der Waals surface area contributed by atoms with E-state index in [2.05, 4.69) is 0 Å². The van der Waals surface area contributed by atoms with Crippen molar-refractivity contribution in [2.45, 2.75) is 13.3 Å². The van der Waals surface area contributed by atoms with Gasteiger partial charge in [0, 0.05) is 65.2 Å². The van der Waals surface area contributed by atoms with Crippen LogP contribution in [0.4, 0.5) is 4.79 Å². The van der Waals surface area contributed by atoms with Gasteiger partial charge in [0.05, 0.1) is 6.26 Å². The largest absolute Gasteiger partial charge is 0.459 e. The number of carbonyl (C=O) groups excluding carboxylic acids is 3. The first-order valence-electron chi connectivity index (χ1n) is 8.92. The van der Waals surface area contributed by atoms with Gasteiger partial charge in [-0.2, -0.15) is 0 Å². The summed E-state index contributed by atoms with van der Waals surface area (Å²) >= 11 is 0. The molecule has 4 amide bonds. The molecule has 0 aromatic carbocycles. The standard InChI is InChI=1S/C18H26N4O4/c1-4-20-11-18(10-15(20)23)12-21(16(24)14-6-5-9-26-14)7-8-22(13-18)17(25)19(2)3/h5-6,9H,4,7-8,10-13H2,1-3H3/t18-/m0/s1. The van der Waals surface area contributed by atoms with Crippen LogP contribution in [-0.2, 0) is 4.79 Å². The van der Waals surface area contributed by atoms with Gasteiger partial charge < -0.3 is 24.0 Å². The minimum Gasteiger partial charge on any atom is -0.459 e. The van der Waals surface area contributed by atoms with E-state index < -0.39 is 5.41 Å². The van der Waals surface area contributed by atoms with Crippen LogP contribution in [0.3, 0.4) is 0 Å². The molecule has 8 nitrogen and oxygen atoms in total. The predicted molar refractivity (Wildman–Crippen MR) is 94.6 cm³/mol. The van der Waals surface area contributed by atoms with E-state index in [9.17, 15) is 14.4 Å². The molecule has 2 saturated heterocycles. The van der Waals surface area contributed by atoms with Crippen molar-refractivity contribution in [2.75, 3.05) is 53.4 Å². The minimum atomic E-state index is -0.447. The monoisotopic (exact) mass is 362 g/mol. The smallest absolute Gasteiger partial charge is 0.319 e. The van der Waals surface area contributed by atoms with Gasteiger partial charge in [-0.1, -0.05) is 0 Å². The molecule has 3 rings (SSSR count). The number of urea groups is 1. The second-order valence-corrected chi connectivity index (χ2v) is 7.39. The molecule has 2 aliphatic rings. The highest BCUT2D eigenvalue weighted by Gasteiger charge is 2.48. The highest BCUT2D eigenvalue weighted by Crippen LogP contribution is 2.35. The third kappa shape index (κ3) is 3.40. The van der Waals surface area contributed by atoms with E-state index in [1.165, 1.54) is 11.2 Å². The van der Waals surface area contributed by atoms with Crippen LogP contribution >= 0.6 is 0 Å².